The molecule has 4 fully saturated rings. The second kappa shape index (κ2) is 12.4. The van der Waals surface area contributed by atoms with Crippen LogP contribution in [0.25, 0.3) is 11.2 Å². The lowest BCUT2D eigenvalue weighted by atomic mass is 9.53. The maximum atomic E-state index is 13.9. The molecule has 4 aliphatic rings. The van der Waals surface area contributed by atoms with Crippen molar-refractivity contribution < 1.29 is 37.7 Å². The number of hydrogen-bond acceptors (Lipinski definition) is 11. The van der Waals surface area contributed by atoms with E-state index in [0.29, 0.717) is 0 Å². The average Bonchev–Trinajstić information content (AvgIpc) is 3.52. The summed E-state index contributed by atoms with van der Waals surface area (Å²) in [4.78, 5) is 36.2. The summed E-state index contributed by atoms with van der Waals surface area (Å²) < 4.78 is 42.9. The molecule has 2 aromatic rings. The quantitative estimate of drug-likeness (QED) is 0.207. The first-order valence-electron chi connectivity index (χ1n) is 15.7. The van der Waals surface area contributed by atoms with E-state index in [1.54, 1.807) is 13.8 Å². The molecule has 3 aliphatic carbocycles. The number of fused-ring (bicyclic) bond motifs is 3. The zero-order valence-electron chi connectivity index (χ0n) is 24.9. The second-order valence-corrected chi connectivity index (χ2v) is 12.9. The number of nitrogens with zero attached hydrogens (tertiary/aromatic N) is 4. The molecule has 2 N–H and O–H groups in total. The molecule has 0 radical (unpaired) electrons. The van der Waals surface area contributed by atoms with E-state index >= 15 is 0 Å². The number of unbranched alkanes of at least 4 members (excludes halogenated alkanes) is 1. The van der Waals surface area contributed by atoms with Crippen LogP contribution < -0.4 is 5.73 Å². The molecule has 3 heterocycles. The fourth-order valence-electron chi connectivity index (χ4n) is 8.25. The van der Waals surface area contributed by atoms with Gasteiger partial charge in [0.1, 0.15) is 24.5 Å². The Labute approximate surface area is 250 Å². The smallest absolute Gasteiger partial charge is 0.435 e. The fraction of sp³-hybridized carbons (Fsp3) is 0.767. The van der Waals surface area contributed by atoms with Crippen molar-refractivity contribution in [2.45, 2.75) is 96.0 Å². The SMILES string of the molecule is CCOC(=O)O[C@H]1C[C@H](n2cnc3c(N)nc(F)nc32)O[C@]1(C)COC(=O)OCCCCC1CC2CC3CCC1C(C3)C2. The van der Waals surface area contributed by atoms with Crippen LogP contribution in [0.4, 0.5) is 19.8 Å². The van der Waals surface area contributed by atoms with Gasteiger partial charge in [0.2, 0.25) is 0 Å². The minimum absolute atomic E-state index is 0.110. The van der Waals surface area contributed by atoms with E-state index in [9.17, 15) is 14.0 Å². The van der Waals surface area contributed by atoms with Gasteiger partial charge in [0.25, 0.3) is 0 Å². The number of nitrogen functional groups attached to an aromatic ring is 1. The van der Waals surface area contributed by atoms with Crippen LogP contribution in [0, 0.1) is 35.7 Å². The summed E-state index contributed by atoms with van der Waals surface area (Å²) in [5.41, 5.74) is 4.87. The molecule has 8 atom stereocenters. The molecule has 6 rings (SSSR count). The summed E-state index contributed by atoms with van der Waals surface area (Å²) in [7, 11) is 0. The van der Waals surface area contributed by atoms with Gasteiger partial charge in [0.05, 0.1) is 19.5 Å². The molecular weight excluding hydrogens is 561 g/mol. The van der Waals surface area contributed by atoms with Crippen LogP contribution in [0.2, 0.25) is 0 Å². The highest BCUT2D eigenvalue weighted by Crippen LogP contribution is 2.55. The number of nitrogens with two attached hydrogens (primary N) is 1. The molecule has 236 valence electrons. The molecule has 5 unspecified atom stereocenters. The Morgan fingerprint density at radius 2 is 1.91 bits per heavy atom. The van der Waals surface area contributed by atoms with Gasteiger partial charge < -0.3 is 29.4 Å². The summed E-state index contributed by atoms with van der Waals surface area (Å²) in [6, 6.07) is 0. The van der Waals surface area contributed by atoms with Crippen LogP contribution in [0.15, 0.2) is 6.33 Å². The summed E-state index contributed by atoms with van der Waals surface area (Å²) in [6.45, 7) is 3.47. The highest BCUT2D eigenvalue weighted by molar-refractivity contribution is 5.81. The van der Waals surface area contributed by atoms with Crippen molar-refractivity contribution in [2.75, 3.05) is 25.6 Å². The molecule has 2 aromatic heterocycles. The number of carbonyl (C=O) groups excluding carboxylic acids is 2. The van der Waals surface area contributed by atoms with Crippen LogP contribution in [-0.2, 0) is 23.7 Å². The maximum absolute atomic E-state index is 13.9. The first kappa shape index (κ1) is 29.8. The first-order chi connectivity index (χ1) is 20.7. The summed E-state index contributed by atoms with van der Waals surface area (Å²) in [5, 5.41) is 0. The molecule has 0 aromatic carbocycles. The van der Waals surface area contributed by atoms with Crippen LogP contribution in [-0.4, -0.2) is 63.4 Å². The Balaban J connectivity index is 1.01. The van der Waals surface area contributed by atoms with Gasteiger partial charge in [-0.1, -0.05) is 12.8 Å². The predicted octanol–water partition coefficient (Wildman–Crippen LogP) is 5.55. The summed E-state index contributed by atoms with van der Waals surface area (Å²) in [5.74, 6) is 4.45. The standard InChI is InChI=1S/C30H42FN5O7/c1-3-39-29(38)42-22-14-23(36-16-33-24-25(32)34-27(31)35-26(24)36)43-30(22,2)15-41-28(37)40-9-5-4-6-19-12-18-10-17-7-8-21(19)20(11-17)13-18/h16-23H,3-15H2,1-2H3,(H2,32,34,35)/t17?,18?,19?,20?,21?,22-,23+,30+/m0/s1. The van der Waals surface area contributed by atoms with Gasteiger partial charge in [-0.05, 0) is 88.4 Å². The molecule has 3 saturated carbocycles. The average molecular weight is 604 g/mol. The van der Waals surface area contributed by atoms with Crippen molar-refractivity contribution >= 4 is 29.3 Å². The van der Waals surface area contributed by atoms with Crippen LogP contribution in [0.5, 0.6) is 0 Å². The molecule has 0 amide bonds. The fourth-order valence-corrected chi connectivity index (χ4v) is 8.25. The monoisotopic (exact) mass is 603 g/mol. The van der Waals surface area contributed by atoms with E-state index in [-0.39, 0.29) is 43.2 Å². The van der Waals surface area contributed by atoms with Gasteiger partial charge >= 0.3 is 18.4 Å². The van der Waals surface area contributed by atoms with Crippen LogP contribution in [0.3, 0.4) is 0 Å². The van der Waals surface area contributed by atoms with E-state index in [2.05, 4.69) is 15.0 Å². The third-order valence-corrected chi connectivity index (χ3v) is 10.1. The van der Waals surface area contributed by atoms with E-state index in [4.69, 9.17) is 29.4 Å². The first-order valence-corrected chi connectivity index (χ1v) is 15.7. The number of aromatic nitrogens is 4. The zero-order valence-corrected chi connectivity index (χ0v) is 24.9. The Morgan fingerprint density at radius 3 is 2.74 bits per heavy atom. The van der Waals surface area contributed by atoms with Crippen molar-refractivity contribution in [1.82, 2.24) is 19.5 Å². The summed E-state index contributed by atoms with van der Waals surface area (Å²) >= 11 is 0. The van der Waals surface area contributed by atoms with Crippen molar-refractivity contribution in [3.8, 4) is 0 Å². The Hall–Kier alpha value is -3.22. The van der Waals surface area contributed by atoms with Crippen molar-refractivity contribution in [2.24, 2.45) is 29.6 Å². The van der Waals surface area contributed by atoms with Crippen LogP contribution in [0.1, 0.15) is 84.3 Å². The lowest BCUT2D eigenvalue weighted by molar-refractivity contribution is -0.127. The molecule has 1 aliphatic heterocycles. The van der Waals surface area contributed by atoms with E-state index in [0.717, 1.165) is 42.4 Å². The minimum Gasteiger partial charge on any atom is -0.435 e. The van der Waals surface area contributed by atoms with Gasteiger partial charge in [-0.25, -0.2) is 14.6 Å². The highest BCUT2D eigenvalue weighted by Gasteiger charge is 2.50. The highest BCUT2D eigenvalue weighted by atomic mass is 19.1. The molecular formula is C30H42FN5O7. The number of rotatable bonds is 10. The van der Waals surface area contributed by atoms with Gasteiger partial charge in [-0.2, -0.15) is 14.4 Å². The van der Waals surface area contributed by atoms with Gasteiger partial charge in [0.15, 0.2) is 17.0 Å². The summed E-state index contributed by atoms with van der Waals surface area (Å²) in [6.07, 6.45) is 8.71. The number of ether oxygens (including phenoxy) is 5. The molecule has 12 nitrogen and oxygen atoms in total. The molecule has 0 spiro atoms. The Bertz CT molecular complexity index is 1320. The van der Waals surface area contributed by atoms with Crippen molar-refractivity contribution in [3.63, 3.8) is 0 Å². The Morgan fingerprint density at radius 1 is 1.07 bits per heavy atom. The third-order valence-electron chi connectivity index (χ3n) is 10.1. The third kappa shape index (κ3) is 6.37. The van der Waals surface area contributed by atoms with Gasteiger partial charge in [-0.15, -0.1) is 0 Å². The van der Waals surface area contributed by atoms with E-state index < -0.39 is 36.3 Å². The number of carbonyl (C=O) groups is 2. The predicted molar refractivity (Wildman–Crippen MR) is 151 cm³/mol. The number of imidazole rings is 1. The van der Waals surface area contributed by atoms with E-state index in [1.807, 2.05) is 0 Å². The lowest BCUT2D eigenvalue weighted by Gasteiger charge is -2.52. The second-order valence-electron chi connectivity index (χ2n) is 12.9. The molecule has 13 heteroatoms. The van der Waals surface area contributed by atoms with E-state index in [1.165, 1.54) is 55.8 Å². The van der Waals surface area contributed by atoms with Gasteiger partial charge in [0, 0.05) is 6.42 Å². The van der Waals surface area contributed by atoms with Gasteiger partial charge in [-0.3, -0.25) is 4.57 Å². The largest absolute Gasteiger partial charge is 0.508 e. The number of hydrogen-bond donors (Lipinski definition) is 1. The minimum atomic E-state index is -1.26. The topological polar surface area (TPSA) is 150 Å². The number of anilines is 1. The van der Waals surface area contributed by atoms with Crippen molar-refractivity contribution in [3.05, 3.63) is 12.4 Å². The molecule has 1 saturated heterocycles. The number of halogens is 1. The zero-order chi connectivity index (χ0) is 30.1. The normalized spacial score (nSPS) is 33.0. The van der Waals surface area contributed by atoms with Crippen LogP contribution >= 0.6 is 0 Å². The maximum Gasteiger partial charge on any atom is 0.508 e. The molecule has 3 bridgehead atoms. The molecule has 43 heavy (non-hydrogen) atoms. The Kier molecular flexibility index (Phi) is 8.61. The lowest BCUT2D eigenvalue weighted by Crippen LogP contribution is -2.44. The van der Waals surface area contributed by atoms with Crippen molar-refractivity contribution in [1.29, 1.82) is 0 Å².